The molecule has 0 radical (unpaired) electrons. The summed E-state index contributed by atoms with van der Waals surface area (Å²) in [6.45, 7) is 4.88. The number of fused-ring (bicyclic) bond motifs is 1. The van der Waals surface area contributed by atoms with E-state index in [1.807, 2.05) is 0 Å². The van der Waals surface area contributed by atoms with Crippen LogP contribution in [0.1, 0.15) is 46.0 Å². The minimum absolute atomic E-state index is 0.156. The number of carbonyl (C=O) groups is 1. The third kappa shape index (κ3) is 3.53. The average Bonchev–Trinajstić information content (AvgIpc) is 3.23. The molecule has 2 aromatic heterocycles. The van der Waals surface area contributed by atoms with Gasteiger partial charge in [0.05, 0.1) is 6.10 Å². The fourth-order valence-corrected chi connectivity index (χ4v) is 4.12. The standard InChI is InChI=1S/C17H27N7O3S/c1-3-5-8-19-13-11-14(21-16(20-13)28-9-4-2)24(23-22-11)17(15(18)27)7-6-10(25)12(17)26/h10,12,25-26H,3-9H2,1-2H3,(H2,18,27)(H,19,20,21). The van der Waals surface area contributed by atoms with Gasteiger partial charge in [-0.25, -0.2) is 14.6 Å². The number of nitrogens with zero attached hydrogens (tertiary/aromatic N) is 5. The normalized spacial score (nSPS) is 24.7. The summed E-state index contributed by atoms with van der Waals surface area (Å²) in [6, 6.07) is 0. The Hall–Kier alpha value is -1.98. The zero-order valence-electron chi connectivity index (χ0n) is 16.1. The summed E-state index contributed by atoms with van der Waals surface area (Å²) in [5.74, 6) is 0.602. The van der Waals surface area contributed by atoms with Gasteiger partial charge >= 0.3 is 0 Å². The Morgan fingerprint density at radius 1 is 1.36 bits per heavy atom. The molecule has 0 saturated heterocycles. The van der Waals surface area contributed by atoms with Gasteiger partial charge in [-0.1, -0.05) is 37.2 Å². The minimum Gasteiger partial charge on any atom is -0.390 e. The lowest BCUT2D eigenvalue weighted by atomic mass is 9.94. The van der Waals surface area contributed by atoms with Crippen molar-refractivity contribution in [3.8, 4) is 0 Å². The molecule has 1 amide bonds. The molecule has 0 spiro atoms. The minimum atomic E-state index is -1.59. The number of thioether (sulfide) groups is 1. The van der Waals surface area contributed by atoms with Crippen molar-refractivity contribution in [2.45, 2.75) is 68.9 Å². The number of nitrogens with one attached hydrogen (secondary N) is 1. The number of rotatable bonds is 9. The highest BCUT2D eigenvalue weighted by Crippen LogP contribution is 2.39. The molecule has 11 heteroatoms. The number of aliphatic hydroxyl groups is 2. The Kier molecular flexibility index (Phi) is 6.36. The van der Waals surface area contributed by atoms with Crippen molar-refractivity contribution >= 4 is 34.7 Å². The van der Waals surface area contributed by atoms with E-state index in [9.17, 15) is 15.0 Å². The monoisotopic (exact) mass is 409 g/mol. The molecule has 3 atom stereocenters. The first-order valence-electron chi connectivity index (χ1n) is 9.62. The van der Waals surface area contributed by atoms with E-state index >= 15 is 0 Å². The first-order chi connectivity index (χ1) is 13.5. The molecule has 1 saturated carbocycles. The number of anilines is 1. The molecule has 5 N–H and O–H groups in total. The van der Waals surface area contributed by atoms with E-state index in [1.54, 1.807) is 0 Å². The summed E-state index contributed by atoms with van der Waals surface area (Å²) in [5, 5.41) is 32.7. The van der Waals surface area contributed by atoms with Crippen LogP contribution in [0.4, 0.5) is 5.82 Å². The van der Waals surface area contributed by atoms with Gasteiger partial charge in [-0.05, 0) is 25.7 Å². The summed E-state index contributed by atoms with van der Waals surface area (Å²) in [7, 11) is 0. The molecule has 2 heterocycles. The molecule has 3 rings (SSSR count). The van der Waals surface area contributed by atoms with Crippen LogP contribution in [0.25, 0.3) is 11.2 Å². The lowest BCUT2D eigenvalue weighted by Gasteiger charge is -2.29. The smallest absolute Gasteiger partial charge is 0.248 e. The number of hydrogen-bond donors (Lipinski definition) is 4. The van der Waals surface area contributed by atoms with Crippen molar-refractivity contribution in [3.63, 3.8) is 0 Å². The van der Waals surface area contributed by atoms with E-state index in [0.29, 0.717) is 22.1 Å². The molecule has 1 fully saturated rings. The highest BCUT2D eigenvalue weighted by molar-refractivity contribution is 7.99. The lowest BCUT2D eigenvalue weighted by Crippen LogP contribution is -2.54. The van der Waals surface area contributed by atoms with E-state index in [2.05, 4.69) is 39.4 Å². The summed E-state index contributed by atoms with van der Waals surface area (Å²) in [6.07, 6.45) is 0.891. The molecule has 1 aliphatic carbocycles. The maximum atomic E-state index is 12.4. The molecule has 10 nitrogen and oxygen atoms in total. The summed E-state index contributed by atoms with van der Waals surface area (Å²) in [5.41, 5.74) is 4.80. The van der Waals surface area contributed by atoms with Gasteiger partial charge in [0.2, 0.25) is 5.91 Å². The van der Waals surface area contributed by atoms with Crippen molar-refractivity contribution < 1.29 is 15.0 Å². The number of nitrogens with two attached hydrogens (primary N) is 1. The second-order valence-electron chi connectivity index (χ2n) is 7.00. The topological polar surface area (TPSA) is 152 Å². The molecular weight excluding hydrogens is 382 g/mol. The maximum Gasteiger partial charge on any atom is 0.248 e. The Morgan fingerprint density at radius 3 is 2.75 bits per heavy atom. The summed E-state index contributed by atoms with van der Waals surface area (Å²) >= 11 is 1.49. The SMILES string of the molecule is CCCCNc1nc(SCCC)nc2c1nnn2C1(C(N)=O)CCC(O)C1O. The second-order valence-corrected chi connectivity index (χ2v) is 8.06. The molecule has 2 aromatic rings. The maximum absolute atomic E-state index is 12.4. The van der Waals surface area contributed by atoms with Crippen LogP contribution in [0.5, 0.6) is 0 Å². The fourth-order valence-electron chi connectivity index (χ4n) is 3.42. The molecule has 28 heavy (non-hydrogen) atoms. The van der Waals surface area contributed by atoms with Gasteiger partial charge in [0.25, 0.3) is 0 Å². The van der Waals surface area contributed by atoms with E-state index < -0.39 is 23.7 Å². The Balaban J connectivity index is 2.13. The molecular formula is C17H27N7O3S. The van der Waals surface area contributed by atoms with Gasteiger partial charge in [-0.3, -0.25) is 4.79 Å². The lowest BCUT2D eigenvalue weighted by molar-refractivity contribution is -0.134. The van der Waals surface area contributed by atoms with E-state index in [4.69, 9.17) is 5.73 Å². The van der Waals surface area contributed by atoms with Crippen LogP contribution >= 0.6 is 11.8 Å². The van der Waals surface area contributed by atoms with Gasteiger partial charge in [0.1, 0.15) is 6.10 Å². The van der Waals surface area contributed by atoms with E-state index in [1.165, 1.54) is 16.4 Å². The van der Waals surface area contributed by atoms with Crippen molar-refractivity contribution in [2.75, 3.05) is 17.6 Å². The number of hydrogen-bond acceptors (Lipinski definition) is 9. The fraction of sp³-hybridized carbons (Fsp3) is 0.706. The number of aliphatic hydroxyl groups excluding tert-OH is 2. The molecule has 3 unspecified atom stereocenters. The summed E-state index contributed by atoms with van der Waals surface area (Å²) in [4.78, 5) is 21.5. The Bertz CT molecular complexity index is 846. The third-order valence-electron chi connectivity index (χ3n) is 5.02. The van der Waals surface area contributed by atoms with Gasteiger partial charge < -0.3 is 21.3 Å². The summed E-state index contributed by atoms with van der Waals surface area (Å²) < 4.78 is 1.27. The molecule has 0 bridgehead atoms. The Morgan fingerprint density at radius 2 is 2.14 bits per heavy atom. The largest absolute Gasteiger partial charge is 0.390 e. The zero-order chi connectivity index (χ0) is 20.3. The van der Waals surface area contributed by atoms with Crippen molar-refractivity contribution in [1.82, 2.24) is 25.0 Å². The predicted molar refractivity (Wildman–Crippen MR) is 106 cm³/mol. The van der Waals surface area contributed by atoms with E-state index in [0.717, 1.165) is 31.6 Å². The number of unbranched alkanes of at least 4 members (excludes halogenated alkanes) is 1. The predicted octanol–water partition coefficient (Wildman–Crippen LogP) is 0.632. The van der Waals surface area contributed by atoms with Crippen LogP contribution in [0, 0.1) is 0 Å². The van der Waals surface area contributed by atoms with Crippen LogP contribution in [0.3, 0.4) is 0 Å². The first-order valence-corrected chi connectivity index (χ1v) is 10.6. The van der Waals surface area contributed by atoms with Crippen LogP contribution < -0.4 is 11.1 Å². The number of primary amides is 1. The van der Waals surface area contributed by atoms with Gasteiger partial charge in [-0.2, -0.15) is 0 Å². The van der Waals surface area contributed by atoms with Crippen LogP contribution in [-0.4, -0.2) is 65.6 Å². The third-order valence-corrected chi connectivity index (χ3v) is 6.07. The van der Waals surface area contributed by atoms with Gasteiger partial charge in [0, 0.05) is 12.3 Å². The van der Waals surface area contributed by atoms with Crippen LogP contribution in [-0.2, 0) is 10.3 Å². The van der Waals surface area contributed by atoms with Gasteiger partial charge in [-0.15, -0.1) is 5.10 Å². The zero-order valence-corrected chi connectivity index (χ0v) is 16.9. The highest BCUT2D eigenvalue weighted by atomic mass is 32.2. The molecule has 1 aliphatic rings. The number of carbonyl (C=O) groups excluding carboxylic acids is 1. The Labute approximate surface area is 167 Å². The molecule has 154 valence electrons. The van der Waals surface area contributed by atoms with Crippen LogP contribution in [0.2, 0.25) is 0 Å². The average molecular weight is 410 g/mol. The number of amides is 1. The highest BCUT2D eigenvalue weighted by Gasteiger charge is 2.55. The van der Waals surface area contributed by atoms with Crippen molar-refractivity contribution in [1.29, 1.82) is 0 Å². The van der Waals surface area contributed by atoms with E-state index in [-0.39, 0.29) is 12.8 Å². The molecule has 0 aliphatic heterocycles. The second kappa shape index (κ2) is 8.58. The number of aromatic nitrogens is 5. The van der Waals surface area contributed by atoms with Crippen molar-refractivity contribution in [2.24, 2.45) is 5.73 Å². The first kappa shape index (κ1) is 20.7. The van der Waals surface area contributed by atoms with Crippen molar-refractivity contribution in [3.05, 3.63) is 0 Å². The molecule has 0 aromatic carbocycles. The van der Waals surface area contributed by atoms with Crippen LogP contribution in [0.15, 0.2) is 5.16 Å². The quantitative estimate of drug-likeness (QED) is 0.265. The van der Waals surface area contributed by atoms with Gasteiger partial charge in [0.15, 0.2) is 27.7 Å².